The van der Waals surface area contributed by atoms with E-state index in [0.717, 1.165) is 24.1 Å². The van der Waals surface area contributed by atoms with Crippen LogP contribution in [0.4, 0.5) is 0 Å². The Balaban J connectivity index is 0.000000195. The van der Waals surface area contributed by atoms with Crippen molar-refractivity contribution in [3.8, 4) is 0 Å². The third-order valence-electron chi connectivity index (χ3n) is 1.82. The number of nitrogens with zero attached hydrogens (tertiary/aromatic N) is 2. The van der Waals surface area contributed by atoms with E-state index in [1.165, 1.54) is 0 Å². The van der Waals surface area contributed by atoms with E-state index < -0.39 is 0 Å². The molecule has 80 valence electrons. The van der Waals surface area contributed by atoms with Crippen molar-refractivity contribution in [3.63, 3.8) is 0 Å². The van der Waals surface area contributed by atoms with Gasteiger partial charge in [0, 0.05) is 24.8 Å². The molecule has 0 unspecified atom stereocenters. The van der Waals surface area contributed by atoms with Crippen molar-refractivity contribution in [1.82, 2.24) is 9.97 Å². The van der Waals surface area contributed by atoms with Gasteiger partial charge in [-0.25, -0.2) is 9.97 Å². The van der Waals surface area contributed by atoms with E-state index in [1.807, 2.05) is 44.3 Å². The molecule has 0 aliphatic carbocycles. The van der Waals surface area contributed by atoms with Crippen LogP contribution in [0.3, 0.4) is 0 Å². The van der Waals surface area contributed by atoms with Crippen molar-refractivity contribution in [2.45, 2.75) is 13.8 Å². The van der Waals surface area contributed by atoms with Crippen LogP contribution in [-0.4, -0.2) is 23.2 Å². The van der Waals surface area contributed by atoms with Crippen LogP contribution in [0.5, 0.6) is 0 Å². The van der Waals surface area contributed by atoms with Crippen LogP contribution in [0, 0.1) is 0 Å². The van der Waals surface area contributed by atoms with Crippen molar-refractivity contribution in [3.05, 3.63) is 36.8 Å². The summed E-state index contributed by atoms with van der Waals surface area (Å²) < 4.78 is 4.83. The fourth-order valence-electron chi connectivity index (χ4n) is 1.13. The maximum atomic E-state index is 4.83. The van der Waals surface area contributed by atoms with E-state index in [2.05, 4.69) is 9.97 Å². The molecule has 0 atom stereocenters. The number of rotatable bonds is 2. The van der Waals surface area contributed by atoms with Gasteiger partial charge in [-0.2, -0.15) is 0 Å². The second kappa shape index (κ2) is 6.90. The summed E-state index contributed by atoms with van der Waals surface area (Å²) >= 11 is 0. The molecule has 0 amide bonds. The molecule has 1 aromatic heterocycles. The Bertz CT molecular complexity index is 323. The third kappa shape index (κ3) is 4.04. The summed E-state index contributed by atoms with van der Waals surface area (Å²) in [5.74, 6) is 0. The highest BCUT2D eigenvalue weighted by Crippen LogP contribution is 2.06. The van der Waals surface area contributed by atoms with Gasteiger partial charge >= 0.3 is 0 Å². The van der Waals surface area contributed by atoms with Crippen molar-refractivity contribution in [2.24, 2.45) is 0 Å². The lowest BCUT2D eigenvalue weighted by atomic mass is 10.2. The predicted octanol–water partition coefficient (Wildman–Crippen LogP) is 2.67. The molecule has 0 N–H and O–H groups in total. The van der Waals surface area contributed by atoms with E-state index in [9.17, 15) is 0 Å². The van der Waals surface area contributed by atoms with Gasteiger partial charge in [-0.05, 0) is 19.9 Å². The first-order valence-electron chi connectivity index (χ1n) is 5.11. The molecule has 0 fully saturated rings. The van der Waals surface area contributed by atoms with Crippen LogP contribution in [0.1, 0.15) is 13.8 Å². The van der Waals surface area contributed by atoms with Crippen molar-refractivity contribution in [1.29, 1.82) is 0 Å². The molecule has 0 radical (unpaired) electrons. The van der Waals surface area contributed by atoms with Crippen LogP contribution < -0.4 is 0 Å². The summed E-state index contributed by atoms with van der Waals surface area (Å²) in [7, 11) is 0. The molecule has 3 nitrogen and oxygen atoms in total. The van der Waals surface area contributed by atoms with Gasteiger partial charge in [-0.3, -0.25) is 0 Å². The molecular formula is C12H16N2O. The Kier molecular flexibility index (Phi) is 5.33. The molecule has 0 saturated heterocycles. The lowest BCUT2D eigenvalue weighted by molar-refractivity contribution is 0.162. The smallest absolute Gasteiger partial charge is 0.116 e. The Hall–Kier alpha value is -1.48. The molecule has 15 heavy (non-hydrogen) atoms. The highest BCUT2D eigenvalue weighted by molar-refractivity contribution is 5.76. The number of ether oxygens (including phenoxy) is 1. The maximum Gasteiger partial charge on any atom is 0.116 e. The molecule has 1 heterocycles. The molecule has 0 aliphatic rings. The second-order valence-electron chi connectivity index (χ2n) is 2.86. The molecule has 3 heteroatoms. The zero-order valence-corrected chi connectivity index (χ0v) is 9.18. The number of hydrogen-bond donors (Lipinski definition) is 0. The summed E-state index contributed by atoms with van der Waals surface area (Å²) in [6.45, 7) is 5.67. The zero-order chi connectivity index (χ0) is 10.9. The molecule has 0 saturated carbocycles. The molecule has 0 spiro atoms. The fraction of sp³-hybridized carbons (Fsp3) is 0.333. The first kappa shape index (κ1) is 11.6. The topological polar surface area (TPSA) is 35.0 Å². The van der Waals surface area contributed by atoms with Gasteiger partial charge < -0.3 is 4.74 Å². The van der Waals surface area contributed by atoms with Crippen LogP contribution >= 0.6 is 0 Å². The van der Waals surface area contributed by atoms with E-state index in [1.54, 1.807) is 6.33 Å². The van der Waals surface area contributed by atoms with Crippen LogP contribution in [0.25, 0.3) is 10.9 Å². The highest BCUT2D eigenvalue weighted by Gasteiger charge is 1.87. The van der Waals surface area contributed by atoms with E-state index >= 15 is 0 Å². The monoisotopic (exact) mass is 204 g/mol. The maximum absolute atomic E-state index is 4.83. The summed E-state index contributed by atoms with van der Waals surface area (Å²) in [6.07, 6.45) is 3.37. The number of para-hydroxylation sites is 1. The van der Waals surface area contributed by atoms with Gasteiger partial charge in [0.1, 0.15) is 6.33 Å². The van der Waals surface area contributed by atoms with Crippen LogP contribution in [-0.2, 0) is 4.74 Å². The number of aromatic nitrogens is 2. The summed E-state index contributed by atoms with van der Waals surface area (Å²) in [4.78, 5) is 7.97. The van der Waals surface area contributed by atoms with Gasteiger partial charge in [0.05, 0.1) is 5.52 Å². The summed E-state index contributed by atoms with van der Waals surface area (Å²) in [5, 5.41) is 1.09. The Morgan fingerprint density at radius 2 is 1.87 bits per heavy atom. The molecule has 0 aliphatic heterocycles. The number of benzene rings is 1. The minimum absolute atomic E-state index is 0.844. The standard InChI is InChI=1S/C8H6N2.C4H10O/c1-2-4-8-7(3-1)5-9-6-10-8;1-3-5-4-2/h1-6H;3-4H2,1-2H3. The van der Waals surface area contributed by atoms with Gasteiger partial charge in [-0.1, -0.05) is 18.2 Å². The Morgan fingerprint density at radius 1 is 1.13 bits per heavy atom. The van der Waals surface area contributed by atoms with Gasteiger partial charge in [0.15, 0.2) is 0 Å². The van der Waals surface area contributed by atoms with Crippen LogP contribution in [0.15, 0.2) is 36.8 Å². The third-order valence-corrected chi connectivity index (χ3v) is 1.82. The van der Waals surface area contributed by atoms with E-state index in [0.29, 0.717) is 0 Å². The van der Waals surface area contributed by atoms with Crippen LogP contribution in [0.2, 0.25) is 0 Å². The number of hydrogen-bond acceptors (Lipinski definition) is 3. The summed E-state index contributed by atoms with van der Waals surface area (Å²) in [5.41, 5.74) is 0.998. The first-order valence-corrected chi connectivity index (χ1v) is 5.11. The lowest BCUT2D eigenvalue weighted by Gasteiger charge is -1.90. The first-order chi connectivity index (χ1) is 7.38. The number of fused-ring (bicyclic) bond motifs is 1. The van der Waals surface area contributed by atoms with Crippen molar-refractivity contribution in [2.75, 3.05) is 13.2 Å². The average molecular weight is 204 g/mol. The van der Waals surface area contributed by atoms with Gasteiger partial charge in [0.2, 0.25) is 0 Å². The SMILES string of the molecule is CCOCC.c1ccc2ncncc2c1. The average Bonchev–Trinajstić information content (AvgIpc) is 2.31. The van der Waals surface area contributed by atoms with Crippen molar-refractivity contribution < 1.29 is 4.74 Å². The lowest BCUT2D eigenvalue weighted by Crippen LogP contribution is -1.84. The Morgan fingerprint density at radius 3 is 2.47 bits per heavy atom. The molecular weight excluding hydrogens is 188 g/mol. The Labute approximate surface area is 90.1 Å². The minimum atomic E-state index is 0.844. The van der Waals surface area contributed by atoms with Gasteiger partial charge in [-0.15, -0.1) is 0 Å². The molecule has 0 bridgehead atoms. The fourth-order valence-corrected chi connectivity index (χ4v) is 1.13. The van der Waals surface area contributed by atoms with E-state index in [4.69, 9.17) is 4.74 Å². The minimum Gasteiger partial charge on any atom is -0.382 e. The molecule has 2 rings (SSSR count). The largest absolute Gasteiger partial charge is 0.382 e. The summed E-state index contributed by atoms with van der Waals surface area (Å²) in [6, 6.07) is 7.91. The zero-order valence-electron chi connectivity index (χ0n) is 9.18. The quantitative estimate of drug-likeness (QED) is 0.754. The molecule has 1 aromatic carbocycles. The van der Waals surface area contributed by atoms with Gasteiger partial charge in [0.25, 0.3) is 0 Å². The second-order valence-corrected chi connectivity index (χ2v) is 2.86. The predicted molar refractivity (Wildman–Crippen MR) is 61.7 cm³/mol. The highest BCUT2D eigenvalue weighted by atomic mass is 16.5. The van der Waals surface area contributed by atoms with E-state index in [-0.39, 0.29) is 0 Å². The molecule has 2 aromatic rings. The normalized spacial score (nSPS) is 9.47. The van der Waals surface area contributed by atoms with Crippen molar-refractivity contribution >= 4 is 10.9 Å².